The van der Waals surface area contributed by atoms with Crippen molar-refractivity contribution < 1.29 is 19.1 Å². The van der Waals surface area contributed by atoms with Gasteiger partial charge >= 0.3 is 6.09 Å². The Morgan fingerprint density at radius 1 is 0.860 bits per heavy atom. The van der Waals surface area contributed by atoms with Crippen molar-refractivity contribution in [3.05, 3.63) is 90.6 Å². The second-order valence-electron chi connectivity index (χ2n) is 11.6. The molecule has 0 saturated carbocycles. The number of nitrogens with one attached hydrogen (secondary N) is 3. The van der Waals surface area contributed by atoms with E-state index in [9.17, 15) is 14.4 Å². The highest BCUT2D eigenvalue weighted by molar-refractivity contribution is 6.08. The number of ether oxygens (including phenoxy) is 1. The van der Waals surface area contributed by atoms with E-state index in [0.29, 0.717) is 17.1 Å². The summed E-state index contributed by atoms with van der Waals surface area (Å²) in [6, 6.07) is 27.6. The van der Waals surface area contributed by atoms with Crippen LogP contribution < -0.4 is 16.0 Å². The lowest BCUT2D eigenvalue weighted by atomic mass is 9.99. The average Bonchev–Trinajstić information content (AvgIpc) is 3.41. The summed E-state index contributed by atoms with van der Waals surface area (Å²) in [5.41, 5.74) is 2.56. The third-order valence-electron chi connectivity index (χ3n) is 6.59. The van der Waals surface area contributed by atoms with Crippen LogP contribution in [0.25, 0.3) is 38.5 Å². The van der Waals surface area contributed by atoms with Gasteiger partial charge in [-0.25, -0.2) is 9.48 Å². The molecular weight excluding hydrogens is 542 g/mol. The van der Waals surface area contributed by atoms with E-state index in [-0.39, 0.29) is 18.5 Å². The Balaban J connectivity index is 1.44. The number of hydrogen-bond donors (Lipinski definition) is 3. The first-order chi connectivity index (χ1) is 20.5. The Morgan fingerprint density at radius 3 is 2.23 bits per heavy atom. The molecule has 3 amide bonds. The summed E-state index contributed by atoms with van der Waals surface area (Å²) in [6.45, 7) is 8.83. The molecule has 0 aliphatic heterocycles. The number of amides is 3. The highest BCUT2D eigenvalue weighted by atomic mass is 16.6. The van der Waals surface area contributed by atoms with Crippen LogP contribution in [0.2, 0.25) is 0 Å². The molecule has 220 valence electrons. The number of aromatic nitrogens is 2. The first-order valence-electron chi connectivity index (χ1n) is 14.2. The number of nitrogens with zero attached hydrogens (tertiary/aromatic N) is 2. The molecule has 0 aliphatic rings. The lowest BCUT2D eigenvalue weighted by Crippen LogP contribution is -2.37. The molecule has 3 N–H and O–H groups in total. The molecule has 9 nitrogen and oxygen atoms in total. The van der Waals surface area contributed by atoms with Crippen LogP contribution in [0.5, 0.6) is 0 Å². The molecule has 0 unspecified atom stereocenters. The third kappa shape index (κ3) is 7.01. The van der Waals surface area contributed by atoms with E-state index in [4.69, 9.17) is 4.74 Å². The van der Waals surface area contributed by atoms with Crippen LogP contribution in [0, 0.1) is 0 Å². The topological polar surface area (TPSA) is 114 Å². The first-order valence-corrected chi connectivity index (χ1v) is 14.2. The molecule has 0 spiro atoms. The summed E-state index contributed by atoms with van der Waals surface area (Å²) in [6.07, 6.45) is -0.664. The molecule has 0 radical (unpaired) electrons. The van der Waals surface area contributed by atoms with Gasteiger partial charge in [-0.2, -0.15) is 5.10 Å². The molecule has 0 fully saturated rings. The summed E-state index contributed by atoms with van der Waals surface area (Å²) >= 11 is 0. The van der Waals surface area contributed by atoms with Crippen molar-refractivity contribution in [2.45, 2.75) is 46.3 Å². The highest BCUT2D eigenvalue weighted by Gasteiger charge is 2.19. The Bertz CT molecular complexity index is 1820. The minimum absolute atomic E-state index is 0.0409. The van der Waals surface area contributed by atoms with Crippen molar-refractivity contribution in [3.63, 3.8) is 0 Å². The van der Waals surface area contributed by atoms with Gasteiger partial charge in [0.2, 0.25) is 5.91 Å². The van der Waals surface area contributed by atoms with Crippen LogP contribution in [-0.4, -0.2) is 45.9 Å². The number of rotatable bonds is 7. The zero-order valence-corrected chi connectivity index (χ0v) is 24.9. The van der Waals surface area contributed by atoms with Crippen LogP contribution in [0.3, 0.4) is 0 Å². The van der Waals surface area contributed by atoms with E-state index in [1.807, 2.05) is 44.2 Å². The molecule has 0 saturated heterocycles. The maximum Gasteiger partial charge on any atom is 0.408 e. The minimum atomic E-state index is -0.664. The van der Waals surface area contributed by atoms with Gasteiger partial charge in [0.1, 0.15) is 12.1 Å². The van der Waals surface area contributed by atoms with Crippen LogP contribution in [0.1, 0.15) is 45.1 Å². The van der Waals surface area contributed by atoms with Crippen molar-refractivity contribution in [2.75, 3.05) is 11.9 Å². The Labute approximate surface area is 250 Å². The number of alkyl carbamates (subject to hydrolysis) is 1. The van der Waals surface area contributed by atoms with E-state index < -0.39 is 17.6 Å². The quantitative estimate of drug-likeness (QED) is 0.193. The predicted octanol–water partition coefficient (Wildman–Crippen LogP) is 6.45. The van der Waals surface area contributed by atoms with Gasteiger partial charge < -0.3 is 20.7 Å². The SMILES string of the molecule is CC(C)NC(=O)c1cc(-c2ccc3ccc4ccccc4c3c2)n(-c2ccc(NC(=O)CNC(=O)OC(C)(C)C)cc2)n1. The summed E-state index contributed by atoms with van der Waals surface area (Å²) < 4.78 is 6.90. The molecule has 0 atom stereocenters. The molecule has 1 aromatic heterocycles. The minimum Gasteiger partial charge on any atom is -0.444 e. The number of carbonyl (C=O) groups excluding carboxylic acids is 3. The van der Waals surface area contributed by atoms with Crippen molar-refractivity contribution in [2.24, 2.45) is 0 Å². The van der Waals surface area contributed by atoms with Gasteiger partial charge in [0, 0.05) is 17.3 Å². The van der Waals surface area contributed by atoms with Crippen LogP contribution in [0.15, 0.2) is 84.9 Å². The van der Waals surface area contributed by atoms with E-state index in [1.54, 1.807) is 43.7 Å². The average molecular weight is 578 g/mol. The summed E-state index contributed by atoms with van der Waals surface area (Å²) in [5, 5.41) is 17.3. The summed E-state index contributed by atoms with van der Waals surface area (Å²) in [7, 11) is 0. The normalized spacial score (nSPS) is 11.5. The monoisotopic (exact) mass is 577 g/mol. The van der Waals surface area contributed by atoms with E-state index in [1.165, 1.54) is 0 Å². The Kier molecular flexibility index (Phi) is 8.16. The van der Waals surface area contributed by atoms with Crippen LogP contribution in [-0.2, 0) is 9.53 Å². The third-order valence-corrected chi connectivity index (χ3v) is 6.59. The number of benzene rings is 4. The maximum absolute atomic E-state index is 13.0. The number of hydrogen-bond acceptors (Lipinski definition) is 5. The second-order valence-corrected chi connectivity index (χ2v) is 11.6. The van der Waals surface area contributed by atoms with Crippen molar-refractivity contribution in [3.8, 4) is 16.9 Å². The molecule has 9 heteroatoms. The molecular formula is C34H35N5O4. The summed E-state index contributed by atoms with van der Waals surface area (Å²) in [4.78, 5) is 37.2. The fourth-order valence-corrected chi connectivity index (χ4v) is 4.75. The Morgan fingerprint density at radius 2 is 1.53 bits per heavy atom. The van der Waals surface area contributed by atoms with E-state index >= 15 is 0 Å². The van der Waals surface area contributed by atoms with E-state index in [2.05, 4.69) is 57.4 Å². The standard InChI is InChI=1S/C34H35N5O4/c1-21(2)36-32(41)29-19-30(24-13-12-23-11-10-22-8-6-7-9-27(22)28(23)18-24)39(38-29)26-16-14-25(15-17-26)37-31(40)20-35-33(42)43-34(3,4)5/h6-19,21H,20H2,1-5H3,(H,35,42)(H,36,41)(H,37,40). The van der Waals surface area contributed by atoms with Gasteiger partial charge in [0.15, 0.2) is 5.69 Å². The molecule has 5 aromatic rings. The van der Waals surface area contributed by atoms with Crippen LogP contribution in [0.4, 0.5) is 10.5 Å². The molecule has 1 heterocycles. The molecule has 5 rings (SSSR count). The summed E-state index contributed by atoms with van der Waals surface area (Å²) in [5.74, 6) is -0.656. The Hall–Kier alpha value is -5.18. The zero-order valence-electron chi connectivity index (χ0n) is 24.9. The fourth-order valence-electron chi connectivity index (χ4n) is 4.75. The van der Waals surface area contributed by atoms with Gasteiger partial charge in [0.25, 0.3) is 5.91 Å². The second kappa shape index (κ2) is 12.0. The van der Waals surface area contributed by atoms with Gasteiger partial charge in [-0.3, -0.25) is 9.59 Å². The number of carbonyl (C=O) groups is 3. The molecule has 0 bridgehead atoms. The van der Waals surface area contributed by atoms with Crippen molar-refractivity contribution in [1.29, 1.82) is 0 Å². The van der Waals surface area contributed by atoms with Crippen molar-refractivity contribution in [1.82, 2.24) is 20.4 Å². The molecule has 4 aromatic carbocycles. The first kappa shape index (κ1) is 29.3. The van der Waals surface area contributed by atoms with E-state index in [0.717, 1.165) is 32.8 Å². The zero-order chi connectivity index (χ0) is 30.7. The van der Waals surface area contributed by atoms with Crippen LogP contribution >= 0.6 is 0 Å². The fraction of sp³-hybridized carbons (Fsp3) is 0.235. The van der Waals surface area contributed by atoms with Gasteiger partial charge in [-0.05, 0) is 92.6 Å². The largest absolute Gasteiger partial charge is 0.444 e. The van der Waals surface area contributed by atoms with Gasteiger partial charge in [0.05, 0.1) is 11.4 Å². The number of fused-ring (bicyclic) bond motifs is 3. The van der Waals surface area contributed by atoms with Gasteiger partial charge in [-0.1, -0.05) is 48.5 Å². The van der Waals surface area contributed by atoms with Gasteiger partial charge in [-0.15, -0.1) is 0 Å². The molecule has 0 aliphatic carbocycles. The maximum atomic E-state index is 13.0. The number of anilines is 1. The smallest absolute Gasteiger partial charge is 0.408 e. The highest BCUT2D eigenvalue weighted by Crippen LogP contribution is 2.32. The predicted molar refractivity (Wildman–Crippen MR) is 169 cm³/mol. The molecule has 43 heavy (non-hydrogen) atoms. The van der Waals surface area contributed by atoms with Crippen molar-refractivity contribution >= 4 is 45.1 Å². The lowest BCUT2D eigenvalue weighted by Gasteiger charge is -2.19. The lowest BCUT2D eigenvalue weighted by molar-refractivity contribution is -0.115.